The topological polar surface area (TPSA) is 57.0 Å². The molecule has 1 aromatic carbocycles. The SMILES string of the molecule is O=C(C=Cn1cnc(-c2cccc(Cl)c2)n1)OC1CCC1. The number of esters is 1. The monoisotopic (exact) mass is 303 g/mol. The van der Waals surface area contributed by atoms with Gasteiger partial charge in [0.05, 0.1) is 0 Å². The maximum Gasteiger partial charge on any atom is 0.332 e. The Morgan fingerprint density at radius 3 is 3.00 bits per heavy atom. The summed E-state index contributed by atoms with van der Waals surface area (Å²) < 4.78 is 6.68. The third-order valence-corrected chi connectivity index (χ3v) is 3.52. The summed E-state index contributed by atoms with van der Waals surface area (Å²) >= 11 is 5.93. The summed E-state index contributed by atoms with van der Waals surface area (Å²) in [5.41, 5.74) is 0.826. The summed E-state index contributed by atoms with van der Waals surface area (Å²) in [5.74, 6) is 0.203. The number of carbonyl (C=O) groups is 1. The maximum absolute atomic E-state index is 11.6. The summed E-state index contributed by atoms with van der Waals surface area (Å²) in [6.07, 6.45) is 7.55. The summed E-state index contributed by atoms with van der Waals surface area (Å²) in [5, 5.41) is 4.89. The van der Waals surface area contributed by atoms with Gasteiger partial charge < -0.3 is 4.74 Å². The lowest BCUT2D eigenvalue weighted by Gasteiger charge is -2.24. The zero-order valence-electron chi connectivity index (χ0n) is 11.3. The molecule has 1 aliphatic rings. The van der Waals surface area contributed by atoms with E-state index in [-0.39, 0.29) is 12.1 Å². The molecule has 0 radical (unpaired) electrons. The third kappa shape index (κ3) is 3.49. The minimum absolute atomic E-state index is 0.0833. The van der Waals surface area contributed by atoms with Crippen molar-refractivity contribution in [2.45, 2.75) is 25.4 Å². The number of ether oxygens (including phenoxy) is 1. The van der Waals surface area contributed by atoms with Crippen LogP contribution in [0.3, 0.4) is 0 Å². The first-order chi connectivity index (χ1) is 10.2. The number of carbonyl (C=O) groups excluding carboxylic acids is 1. The van der Waals surface area contributed by atoms with Gasteiger partial charge in [0.2, 0.25) is 0 Å². The Kier molecular flexibility index (Phi) is 4.01. The van der Waals surface area contributed by atoms with E-state index in [0.29, 0.717) is 10.8 Å². The van der Waals surface area contributed by atoms with Gasteiger partial charge in [-0.3, -0.25) is 0 Å². The first kappa shape index (κ1) is 13.8. The van der Waals surface area contributed by atoms with Crippen LogP contribution >= 0.6 is 11.6 Å². The first-order valence-electron chi connectivity index (χ1n) is 6.76. The molecule has 21 heavy (non-hydrogen) atoms. The minimum atomic E-state index is -0.348. The van der Waals surface area contributed by atoms with Crippen molar-refractivity contribution in [2.24, 2.45) is 0 Å². The predicted octanol–water partition coefficient (Wildman–Crippen LogP) is 3.16. The van der Waals surface area contributed by atoms with Crippen LogP contribution < -0.4 is 0 Å². The number of halogens is 1. The van der Waals surface area contributed by atoms with Crippen molar-refractivity contribution in [1.82, 2.24) is 14.8 Å². The van der Waals surface area contributed by atoms with E-state index in [1.54, 1.807) is 12.1 Å². The van der Waals surface area contributed by atoms with E-state index in [1.165, 1.54) is 23.3 Å². The fourth-order valence-electron chi connectivity index (χ4n) is 1.94. The summed E-state index contributed by atoms with van der Waals surface area (Å²) in [6, 6.07) is 7.29. The van der Waals surface area contributed by atoms with Crippen LogP contribution in [-0.2, 0) is 9.53 Å². The second-order valence-corrected chi connectivity index (χ2v) is 5.30. The molecule has 1 fully saturated rings. The zero-order chi connectivity index (χ0) is 14.7. The highest BCUT2D eigenvalue weighted by molar-refractivity contribution is 6.30. The van der Waals surface area contributed by atoms with Gasteiger partial charge in [0, 0.05) is 22.9 Å². The number of benzene rings is 1. The quantitative estimate of drug-likeness (QED) is 0.643. The highest BCUT2D eigenvalue weighted by atomic mass is 35.5. The van der Waals surface area contributed by atoms with E-state index in [4.69, 9.17) is 16.3 Å². The van der Waals surface area contributed by atoms with Crippen LogP contribution in [0.25, 0.3) is 17.6 Å². The van der Waals surface area contributed by atoms with Gasteiger partial charge in [-0.2, -0.15) is 0 Å². The molecule has 3 rings (SSSR count). The summed E-state index contributed by atoms with van der Waals surface area (Å²) in [6.45, 7) is 0. The molecule has 1 aliphatic carbocycles. The Hall–Kier alpha value is -2.14. The standard InChI is InChI=1S/C15H14ClN3O2/c16-12-4-1-3-11(9-12)15-17-10-19(18-15)8-7-14(20)21-13-5-2-6-13/h1,3-4,7-10,13H,2,5-6H2. The molecule has 0 N–H and O–H groups in total. The van der Waals surface area contributed by atoms with E-state index < -0.39 is 0 Å². The molecule has 1 saturated carbocycles. The van der Waals surface area contributed by atoms with Crippen LogP contribution in [0.5, 0.6) is 0 Å². The van der Waals surface area contributed by atoms with E-state index >= 15 is 0 Å². The number of aromatic nitrogens is 3. The third-order valence-electron chi connectivity index (χ3n) is 3.29. The second kappa shape index (κ2) is 6.10. The molecule has 0 atom stereocenters. The van der Waals surface area contributed by atoms with Crippen molar-refractivity contribution in [1.29, 1.82) is 0 Å². The van der Waals surface area contributed by atoms with Crippen LogP contribution in [0, 0.1) is 0 Å². The van der Waals surface area contributed by atoms with E-state index in [2.05, 4.69) is 10.1 Å². The second-order valence-electron chi connectivity index (χ2n) is 4.86. The Labute approximate surface area is 127 Å². The highest BCUT2D eigenvalue weighted by Crippen LogP contribution is 2.22. The molecule has 6 heteroatoms. The lowest BCUT2D eigenvalue weighted by Crippen LogP contribution is -2.24. The van der Waals surface area contributed by atoms with Gasteiger partial charge in [0.1, 0.15) is 12.4 Å². The molecule has 5 nitrogen and oxygen atoms in total. The molecule has 2 aromatic rings. The Balaban J connectivity index is 1.65. The van der Waals surface area contributed by atoms with Crippen molar-refractivity contribution < 1.29 is 9.53 Å². The number of hydrogen-bond donors (Lipinski definition) is 0. The van der Waals surface area contributed by atoms with Crippen molar-refractivity contribution in [3.63, 3.8) is 0 Å². The molecule has 1 aromatic heterocycles. The molecule has 0 amide bonds. The predicted molar refractivity (Wildman–Crippen MR) is 79.5 cm³/mol. The first-order valence-corrected chi connectivity index (χ1v) is 7.14. The van der Waals surface area contributed by atoms with Crippen LogP contribution in [0.4, 0.5) is 0 Å². The van der Waals surface area contributed by atoms with Gasteiger partial charge in [-0.05, 0) is 31.4 Å². The molecular weight excluding hydrogens is 290 g/mol. The van der Waals surface area contributed by atoms with Gasteiger partial charge in [0.15, 0.2) is 5.82 Å². The molecule has 1 heterocycles. The Morgan fingerprint density at radius 2 is 2.29 bits per heavy atom. The largest absolute Gasteiger partial charge is 0.459 e. The van der Waals surface area contributed by atoms with Crippen LogP contribution in [-0.4, -0.2) is 26.8 Å². The lowest BCUT2D eigenvalue weighted by molar-refractivity contribution is -0.146. The molecule has 108 valence electrons. The Morgan fingerprint density at radius 1 is 1.43 bits per heavy atom. The summed E-state index contributed by atoms with van der Waals surface area (Å²) in [4.78, 5) is 15.7. The average Bonchev–Trinajstić information content (AvgIpc) is 2.90. The Bertz CT molecular complexity index is 677. The lowest BCUT2D eigenvalue weighted by atomic mass is 9.96. The van der Waals surface area contributed by atoms with Crippen LogP contribution in [0.15, 0.2) is 36.7 Å². The molecular formula is C15H14ClN3O2. The molecule has 0 unspecified atom stereocenters. The number of rotatable bonds is 4. The van der Waals surface area contributed by atoms with E-state index in [9.17, 15) is 4.79 Å². The van der Waals surface area contributed by atoms with Gasteiger partial charge in [0.25, 0.3) is 0 Å². The zero-order valence-corrected chi connectivity index (χ0v) is 12.0. The highest BCUT2D eigenvalue weighted by Gasteiger charge is 2.20. The van der Waals surface area contributed by atoms with Crippen molar-refractivity contribution in [3.8, 4) is 11.4 Å². The van der Waals surface area contributed by atoms with Crippen LogP contribution in [0.1, 0.15) is 19.3 Å². The fraction of sp³-hybridized carbons (Fsp3) is 0.267. The maximum atomic E-state index is 11.6. The smallest absolute Gasteiger partial charge is 0.332 e. The molecule has 0 bridgehead atoms. The fourth-order valence-corrected chi connectivity index (χ4v) is 2.13. The normalized spacial score (nSPS) is 15.1. The summed E-state index contributed by atoms with van der Waals surface area (Å²) in [7, 11) is 0. The van der Waals surface area contributed by atoms with Gasteiger partial charge >= 0.3 is 5.97 Å². The molecule has 0 saturated heterocycles. The van der Waals surface area contributed by atoms with E-state index in [0.717, 1.165) is 24.8 Å². The molecule has 0 spiro atoms. The minimum Gasteiger partial charge on any atom is -0.459 e. The van der Waals surface area contributed by atoms with Gasteiger partial charge in [-0.1, -0.05) is 23.7 Å². The van der Waals surface area contributed by atoms with Crippen molar-refractivity contribution >= 4 is 23.8 Å². The van der Waals surface area contributed by atoms with E-state index in [1.807, 2.05) is 12.1 Å². The van der Waals surface area contributed by atoms with Crippen LogP contribution in [0.2, 0.25) is 5.02 Å². The number of hydrogen-bond acceptors (Lipinski definition) is 4. The molecule has 0 aliphatic heterocycles. The van der Waals surface area contributed by atoms with Gasteiger partial charge in [-0.25, -0.2) is 14.5 Å². The van der Waals surface area contributed by atoms with Crippen molar-refractivity contribution in [2.75, 3.05) is 0 Å². The number of nitrogens with zero attached hydrogens (tertiary/aromatic N) is 3. The van der Waals surface area contributed by atoms with Crippen molar-refractivity contribution in [3.05, 3.63) is 41.7 Å². The average molecular weight is 304 g/mol. The van der Waals surface area contributed by atoms with Gasteiger partial charge in [-0.15, -0.1) is 5.10 Å².